The van der Waals surface area contributed by atoms with E-state index in [1.807, 2.05) is 26.0 Å². The van der Waals surface area contributed by atoms with Crippen molar-refractivity contribution in [3.63, 3.8) is 0 Å². The monoisotopic (exact) mass is 291 g/mol. The van der Waals surface area contributed by atoms with Gasteiger partial charge in [-0.25, -0.2) is 0 Å². The minimum Gasteiger partial charge on any atom is -0.507 e. The van der Waals surface area contributed by atoms with E-state index in [2.05, 4.69) is 17.0 Å². The van der Waals surface area contributed by atoms with Gasteiger partial charge >= 0.3 is 0 Å². The summed E-state index contributed by atoms with van der Waals surface area (Å²) in [6, 6.07) is 3.85. The zero-order valence-corrected chi connectivity index (χ0v) is 12.8. The van der Waals surface area contributed by atoms with E-state index in [1.54, 1.807) is 0 Å². The van der Waals surface area contributed by atoms with Crippen molar-refractivity contribution >= 4 is 21.8 Å². The molecule has 20 heavy (non-hydrogen) atoms. The molecule has 0 unspecified atom stereocenters. The van der Waals surface area contributed by atoms with Crippen molar-refractivity contribution in [2.75, 3.05) is 6.54 Å². The number of benzene rings is 1. The fourth-order valence-electron chi connectivity index (χ4n) is 1.95. The predicted octanol–water partition coefficient (Wildman–Crippen LogP) is 2.94. The van der Waals surface area contributed by atoms with Crippen LogP contribution >= 0.6 is 11.8 Å². The Hall–Kier alpha value is -1.62. The Bertz CT molecular complexity index is 527. The van der Waals surface area contributed by atoms with Crippen molar-refractivity contribution in [1.82, 2.24) is 5.32 Å². The summed E-state index contributed by atoms with van der Waals surface area (Å²) in [6.45, 7) is 8.76. The SMILES string of the molecule is C=C(S/C(=N\N)NCC1CC1)c1cc(C)c(O)c(C)c1. The maximum atomic E-state index is 9.80. The van der Waals surface area contributed by atoms with Crippen LogP contribution in [0.15, 0.2) is 23.8 Å². The minimum atomic E-state index is 0.339. The molecule has 5 heteroatoms. The highest BCUT2D eigenvalue weighted by Crippen LogP contribution is 2.32. The van der Waals surface area contributed by atoms with Crippen LogP contribution in [0.2, 0.25) is 0 Å². The normalized spacial score (nSPS) is 15.2. The highest BCUT2D eigenvalue weighted by Gasteiger charge is 2.21. The fraction of sp³-hybridized carbons (Fsp3) is 0.400. The number of aromatic hydroxyl groups is 1. The lowest BCUT2D eigenvalue weighted by Crippen LogP contribution is -2.24. The molecule has 4 N–H and O–H groups in total. The summed E-state index contributed by atoms with van der Waals surface area (Å²) in [5.41, 5.74) is 2.68. The van der Waals surface area contributed by atoms with E-state index < -0.39 is 0 Å². The Balaban J connectivity index is 2.02. The van der Waals surface area contributed by atoms with Gasteiger partial charge in [-0.1, -0.05) is 18.3 Å². The molecule has 1 aromatic rings. The van der Waals surface area contributed by atoms with E-state index in [-0.39, 0.29) is 0 Å². The molecular weight excluding hydrogens is 270 g/mol. The number of thioether (sulfide) groups is 1. The molecule has 1 aliphatic rings. The lowest BCUT2D eigenvalue weighted by molar-refractivity contribution is 0.467. The van der Waals surface area contributed by atoms with Crippen molar-refractivity contribution in [2.24, 2.45) is 16.9 Å². The third-order valence-electron chi connectivity index (χ3n) is 3.39. The fourth-order valence-corrected chi connectivity index (χ4v) is 2.63. The Kier molecular flexibility index (Phi) is 4.60. The second-order valence-electron chi connectivity index (χ2n) is 5.24. The summed E-state index contributed by atoms with van der Waals surface area (Å²) in [5, 5.41) is 17.5. The molecule has 0 radical (unpaired) electrons. The van der Waals surface area contributed by atoms with Gasteiger partial charge in [0.2, 0.25) is 0 Å². The molecule has 0 saturated heterocycles. The van der Waals surface area contributed by atoms with Crippen LogP contribution in [-0.4, -0.2) is 16.8 Å². The van der Waals surface area contributed by atoms with E-state index in [9.17, 15) is 5.11 Å². The van der Waals surface area contributed by atoms with Gasteiger partial charge in [0, 0.05) is 11.4 Å². The molecule has 2 rings (SSSR count). The Morgan fingerprint density at radius 3 is 2.55 bits per heavy atom. The van der Waals surface area contributed by atoms with Crippen molar-refractivity contribution in [3.8, 4) is 5.75 Å². The summed E-state index contributed by atoms with van der Waals surface area (Å²) >= 11 is 1.43. The van der Waals surface area contributed by atoms with Gasteiger partial charge in [-0.15, -0.1) is 0 Å². The molecule has 0 aromatic heterocycles. The van der Waals surface area contributed by atoms with Gasteiger partial charge in [0.1, 0.15) is 5.75 Å². The lowest BCUT2D eigenvalue weighted by atomic mass is 10.1. The molecular formula is C15H21N3OS. The van der Waals surface area contributed by atoms with Gasteiger partial charge < -0.3 is 16.3 Å². The molecule has 1 aliphatic carbocycles. The molecule has 1 aromatic carbocycles. The Morgan fingerprint density at radius 2 is 2.05 bits per heavy atom. The van der Waals surface area contributed by atoms with Gasteiger partial charge in [0.05, 0.1) is 0 Å². The van der Waals surface area contributed by atoms with Crippen LogP contribution in [0.3, 0.4) is 0 Å². The number of rotatable bonds is 4. The third kappa shape index (κ3) is 3.70. The Morgan fingerprint density at radius 1 is 1.45 bits per heavy atom. The first-order valence-electron chi connectivity index (χ1n) is 6.70. The summed E-state index contributed by atoms with van der Waals surface area (Å²) in [4.78, 5) is 0.865. The molecule has 1 saturated carbocycles. The molecule has 108 valence electrons. The third-order valence-corrected chi connectivity index (χ3v) is 4.31. The average molecular weight is 291 g/mol. The van der Waals surface area contributed by atoms with Gasteiger partial charge in [-0.05, 0) is 61.4 Å². The zero-order valence-electron chi connectivity index (χ0n) is 11.9. The number of nitrogens with one attached hydrogen (secondary N) is 1. The molecule has 0 aliphatic heterocycles. The molecule has 4 nitrogen and oxygen atoms in total. The summed E-state index contributed by atoms with van der Waals surface area (Å²) in [7, 11) is 0. The number of phenolic OH excluding ortho intramolecular Hbond substituents is 1. The van der Waals surface area contributed by atoms with Crippen LogP contribution in [0, 0.1) is 19.8 Å². The number of nitrogens with two attached hydrogens (primary N) is 1. The van der Waals surface area contributed by atoms with Crippen LogP contribution in [-0.2, 0) is 0 Å². The van der Waals surface area contributed by atoms with Crippen molar-refractivity contribution in [2.45, 2.75) is 26.7 Å². The molecule has 0 amide bonds. The molecule has 0 atom stereocenters. The maximum absolute atomic E-state index is 9.80. The van der Waals surface area contributed by atoms with Crippen LogP contribution in [0.25, 0.3) is 4.91 Å². The van der Waals surface area contributed by atoms with Gasteiger partial charge in [-0.2, -0.15) is 5.10 Å². The van der Waals surface area contributed by atoms with Crippen LogP contribution in [0.4, 0.5) is 0 Å². The van der Waals surface area contributed by atoms with Crippen molar-refractivity contribution in [3.05, 3.63) is 35.4 Å². The first kappa shape index (κ1) is 14.8. The average Bonchev–Trinajstić information content (AvgIpc) is 3.24. The molecule has 1 fully saturated rings. The van der Waals surface area contributed by atoms with Gasteiger partial charge in [-0.3, -0.25) is 0 Å². The zero-order chi connectivity index (χ0) is 14.7. The van der Waals surface area contributed by atoms with E-state index in [1.165, 1.54) is 24.6 Å². The van der Waals surface area contributed by atoms with Crippen molar-refractivity contribution < 1.29 is 5.11 Å². The number of hydrogen-bond acceptors (Lipinski definition) is 4. The standard InChI is InChI=1S/C15H21N3OS/c1-9-6-13(7-10(2)14(9)19)11(3)20-15(18-16)17-8-12-4-5-12/h6-7,12,19H,3-5,8,16H2,1-2H3,(H,17,18). The maximum Gasteiger partial charge on any atom is 0.184 e. The van der Waals surface area contributed by atoms with E-state index in [4.69, 9.17) is 5.84 Å². The predicted molar refractivity (Wildman–Crippen MR) is 86.6 cm³/mol. The van der Waals surface area contributed by atoms with Gasteiger partial charge in [0.15, 0.2) is 5.17 Å². The van der Waals surface area contributed by atoms with Gasteiger partial charge in [0.25, 0.3) is 0 Å². The number of amidine groups is 1. The largest absolute Gasteiger partial charge is 0.507 e. The highest BCUT2D eigenvalue weighted by molar-refractivity contribution is 8.21. The van der Waals surface area contributed by atoms with Crippen molar-refractivity contribution in [1.29, 1.82) is 0 Å². The second-order valence-corrected chi connectivity index (χ2v) is 6.33. The molecule has 0 bridgehead atoms. The summed E-state index contributed by atoms with van der Waals surface area (Å²) in [5.74, 6) is 6.51. The first-order chi connectivity index (χ1) is 9.51. The minimum absolute atomic E-state index is 0.339. The number of nitrogens with zero attached hydrogens (tertiary/aromatic N) is 1. The number of hydrazone groups is 1. The lowest BCUT2D eigenvalue weighted by Gasteiger charge is -2.12. The number of phenols is 1. The number of hydrogen-bond donors (Lipinski definition) is 3. The second kappa shape index (κ2) is 6.22. The molecule has 0 spiro atoms. The summed E-state index contributed by atoms with van der Waals surface area (Å²) < 4.78 is 0. The van der Waals surface area contributed by atoms with Crippen LogP contribution in [0.1, 0.15) is 29.5 Å². The van der Waals surface area contributed by atoms with E-state index in [0.29, 0.717) is 10.9 Å². The first-order valence-corrected chi connectivity index (χ1v) is 7.52. The number of aryl methyl sites for hydroxylation is 2. The van der Waals surface area contributed by atoms with Crippen LogP contribution in [0.5, 0.6) is 5.75 Å². The topological polar surface area (TPSA) is 70.6 Å². The van der Waals surface area contributed by atoms with E-state index >= 15 is 0 Å². The van der Waals surface area contributed by atoms with Crippen LogP contribution < -0.4 is 11.2 Å². The quantitative estimate of drug-likeness (QED) is 0.345. The Labute approximate surface area is 124 Å². The highest BCUT2D eigenvalue weighted by atomic mass is 32.2. The smallest absolute Gasteiger partial charge is 0.184 e. The molecule has 0 heterocycles. The van der Waals surface area contributed by atoms with E-state index in [0.717, 1.165) is 34.1 Å². The summed E-state index contributed by atoms with van der Waals surface area (Å²) in [6.07, 6.45) is 2.57.